The third kappa shape index (κ3) is 3.55. The Hall–Kier alpha value is -3.27. The lowest BCUT2D eigenvalue weighted by Crippen LogP contribution is -2.13. The Morgan fingerprint density at radius 2 is 1.29 bits per heavy atom. The predicted molar refractivity (Wildman–Crippen MR) is 95.4 cm³/mol. The number of anilines is 2. The molecule has 120 valence electrons. The largest absolute Gasteiger partial charge is 0.449 e. The number of ether oxygens (including phenoxy) is 1. The fourth-order valence-corrected chi connectivity index (χ4v) is 2.52. The number of hydrogen-bond donors (Lipinski definition) is 2. The van der Waals surface area contributed by atoms with Crippen molar-refractivity contribution in [3.63, 3.8) is 0 Å². The third-order valence-electron chi connectivity index (χ3n) is 3.66. The van der Waals surface area contributed by atoms with Crippen LogP contribution in [0.1, 0.15) is 27.6 Å². The molecule has 0 atom stereocenters. The number of nitrogens with two attached hydrogens (primary N) is 2. The average Bonchev–Trinajstić information content (AvgIpc) is 2.60. The van der Waals surface area contributed by atoms with Crippen LogP contribution in [0.25, 0.3) is 0 Å². The lowest BCUT2D eigenvalue weighted by molar-refractivity contribution is 0.0378. The molecule has 0 unspecified atom stereocenters. The first kappa shape index (κ1) is 15.6. The van der Waals surface area contributed by atoms with Gasteiger partial charge in [-0.2, -0.15) is 0 Å². The first-order chi connectivity index (χ1) is 11.6. The molecule has 0 bridgehead atoms. The number of benzene rings is 3. The Labute approximate surface area is 140 Å². The van der Waals surface area contributed by atoms with Crippen LogP contribution in [0.15, 0.2) is 78.9 Å². The van der Waals surface area contributed by atoms with Crippen molar-refractivity contribution in [2.75, 3.05) is 11.5 Å². The minimum absolute atomic E-state index is 0.398. The smallest absolute Gasteiger partial charge is 0.339 e. The zero-order valence-corrected chi connectivity index (χ0v) is 13.1. The molecule has 4 nitrogen and oxygen atoms in total. The maximum absolute atomic E-state index is 12.5. The quantitative estimate of drug-likeness (QED) is 0.566. The van der Waals surface area contributed by atoms with Gasteiger partial charge < -0.3 is 16.2 Å². The monoisotopic (exact) mass is 318 g/mol. The molecule has 0 aromatic heterocycles. The van der Waals surface area contributed by atoms with E-state index in [1.54, 1.807) is 48.5 Å². The zero-order valence-electron chi connectivity index (χ0n) is 13.1. The fourth-order valence-electron chi connectivity index (χ4n) is 2.52. The SMILES string of the molecule is Nc1cccc(C(OC(=O)c2ccccc2)c2cccc(N)c2)c1. The van der Waals surface area contributed by atoms with E-state index in [0.717, 1.165) is 11.1 Å². The summed E-state index contributed by atoms with van der Waals surface area (Å²) in [5, 5.41) is 0. The lowest BCUT2D eigenvalue weighted by atomic mass is 10.00. The predicted octanol–water partition coefficient (Wildman–Crippen LogP) is 3.80. The molecule has 3 aromatic carbocycles. The Balaban J connectivity index is 1.98. The highest BCUT2D eigenvalue weighted by Gasteiger charge is 2.20. The van der Waals surface area contributed by atoms with Gasteiger partial charge in [0.25, 0.3) is 0 Å². The number of carbonyl (C=O) groups is 1. The van der Waals surface area contributed by atoms with E-state index in [0.29, 0.717) is 16.9 Å². The number of esters is 1. The van der Waals surface area contributed by atoms with E-state index in [1.807, 2.05) is 30.3 Å². The summed E-state index contributed by atoms with van der Waals surface area (Å²) >= 11 is 0. The van der Waals surface area contributed by atoms with Crippen LogP contribution >= 0.6 is 0 Å². The highest BCUT2D eigenvalue weighted by atomic mass is 16.5. The second-order valence-corrected chi connectivity index (χ2v) is 5.49. The summed E-state index contributed by atoms with van der Waals surface area (Å²) < 4.78 is 5.77. The molecule has 0 heterocycles. The molecule has 3 rings (SSSR count). The second kappa shape index (κ2) is 6.87. The van der Waals surface area contributed by atoms with E-state index in [4.69, 9.17) is 16.2 Å². The highest BCUT2D eigenvalue weighted by Crippen LogP contribution is 2.29. The second-order valence-electron chi connectivity index (χ2n) is 5.49. The van der Waals surface area contributed by atoms with Crippen molar-refractivity contribution in [3.05, 3.63) is 95.6 Å². The summed E-state index contributed by atoms with van der Waals surface area (Å²) in [6.07, 6.45) is -0.579. The molecular formula is C20H18N2O2. The van der Waals surface area contributed by atoms with E-state index in [9.17, 15) is 4.79 Å². The normalized spacial score (nSPS) is 10.5. The highest BCUT2D eigenvalue weighted by molar-refractivity contribution is 5.89. The van der Waals surface area contributed by atoms with Gasteiger partial charge in [-0.15, -0.1) is 0 Å². The van der Waals surface area contributed by atoms with E-state index >= 15 is 0 Å². The Morgan fingerprint density at radius 3 is 1.79 bits per heavy atom. The summed E-state index contributed by atoms with van der Waals surface area (Å²) in [4.78, 5) is 12.5. The molecule has 0 amide bonds. The molecule has 0 aliphatic rings. The van der Waals surface area contributed by atoms with Crippen molar-refractivity contribution < 1.29 is 9.53 Å². The lowest BCUT2D eigenvalue weighted by Gasteiger charge is -2.19. The first-order valence-corrected chi connectivity index (χ1v) is 7.60. The first-order valence-electron chi connectivity index (χ1n) is 7.60. The van der Waals surface area contributed by atoms with Gasteiger partial charge >= 0.3 is 5.97 Å². The van der Waals surface area contributed by atoms with Crippen molar-refractivity contribution in [1.29, 1.82) is 0 Å². The Kier molecular flexibility index (Phi) is 4.47. The summed E-state index contributed by atoms with van der Waals surface area (Å²) in [6.45, 7) is 0. The molecule has 3 aromatic rings. The maximum atomic E-state index is 12.5. The minimum Gasteiger partial charge on any atom is -0.449 e. The van der Waals surface area contributed by atoms with Crippen LogP contribution in [0.2, 0.25) is 0 Å². The van der Waals surface area contributed by atoms with Gasteiger partial charge in [-0.3, -0.25) is 0 Å². The summed E-state index contributed by atoms with van der Waals surface area (Å²) in [5.74, 6) is -0.398. The van der Waals surface area contributed by atoms with Crippen LogP contribution in [0, 0.1) is 0 Å². The Bertz CT molecular complexity index is 802. The van der Waals surface area contributed by atoms with Crippen LogP contribution in [-0.4, -0.2) is 5.97 Å². The van der Waals surface area contributed by atoms with Crippen LogP contribution in [0.3, 0.4) is 0 Å². The van der Waals surface area contributed by atoms with Crippen LogP contribution in [0.4, 0.5) is 11.4 Å². The molecule has 0 radical (unpaired) electrons. The van der Waals surface area contributed by atoms with Crippen molar-refractivity contribution in [3.8, 4) is 0 Å². The van der Waals surface area contributed by atoms with Crippen LogP contribution in [0.5, 0.6) is 0 Å². The molecule has 0 aliphatic heterocycles. The topological polar surface area (TPSA) is 78.3 Å². The number of carbonyl (C=O) groups excluding carboxylic acids is 1. The van der Waals surface area contributed by atoms with Gasteiger partial charge in [0.15, 0.2) is 6.10 Å². The number of rotatable bonds is 4. The molecule has 0 aliphatic carbocycles. The van der Waals surface area contributed by atoms with E-state index in [-0.39, 0.29) is 0 Å². The van der Waals surface area contributed by atoms with E-state index in [1.165, 1.54) is 0 Å². The van der Waals surface area contributed by atoms with Gasteiger partial charge in [-0.1, -0.05) is 42.5 Å². The Morgan fingerprint density at radius 1 is 0.750 bits per heavy atom. The fraction of sp³-hybridized carbons (Fsp3) is 0.0500. The van der Waals surface area contributed by atoms with Gasteiger partial charge in [-0.05, 0) is 47.5 Å². The molecule has 4 heteroatoms. The molecule has 0 saturated carbocycles. The summed E-state index contributed by atoms with van der Waals surface area (Å²) in [7, 11) is 0. The summed E-state index contributed by atoms with van der Waals surface area (Å²) in [5.41, 5.74) is 15.1. The number of nitrogen functional groups attached to an aromatic ring is 2. The average molecular weight is 318 g/mol. The van der Waals surface area contributed by atoms with Crippen molar-refractivity contribution in [2.24, 2.45) is 0 Å². The molecule has 0 fully saturated rings. The number of hydrogen-bond acceptors (Lipinski definition) is 4. The van der Waals surface area contributed by atoms with Crippen molar-refractivity contribution in [2.45, 2.75) is 6.10 Å². The molecule has 24 heavy (non-hydrogen) atoms. The third-order valence-corrected chi connectivity index (χ3v) is 3.66. The van der Waals surface area contributed by atoms with Crippen molar-refractivity contribution >= 4 is 17.3 Å². The van der Waals surface area contributed by atoms with Gasteiger partial charge in [0.2, 0.25) is 0 Å². The zero-order chi connectivity index (χ0) is 16.9. The van der Waals surface area contributed by atoms with Crippen LogP contribution in [-0.2, 0) is 4.74 Å². The molecule has 0 spiro atoms. The van der Waals surface area contributed by atoms with E-state index < -0.39 is 12.1 Å². The minimum atomic E-state index is -0.579. The van der Waals surface area contributed by atoms with Crippen molar-refractivity contribution in [1.82, 2.24) is 0 Å². The van der Waals surface area contributed by atoms with Crippen LogP contribution < -0.4 is 11.5 Å². The van der Waals surface area contributed by atoms with Gasteiger partial charge in [0, 0.05) is 11.4 Å². The molecule has 4 N–H and O–H groups in total. The van der Waals surface area contributed by atoms with Gasteiger partial charge in [0.05, 0.1) is 5.56 Å². The molecular weight excluding hydrogens is 300 g/mol. The molecule has 0 saturated heterocycles. The maximum Gasteiger partial charge on any atom is 0.339 e. The standard InChI is InChI=1S/C20H18N2O2/c21-17-10-4-8-15(12-17)19(16-9-5-11-18(22)13-16)24-20(23)14-6-2-1-3-7-14/h1-13,19H,21-22H2. The van der Waals surface area contributed by atoms with Gasteiger partial charge in [0.1, 0.15) is 0 Å². The summed E-state index contributed by atoms with van der Waals surface area (Å²) in [6, 6.07) is 23.5. The van der Waals surface area contributed by atoms with E-state index in [2.05, 4.69) is 0 Å². The van der Waals surface area contributed by atoms with Gasteiger partial charge in [-0.25, -0.2) is 4.79 Å².